The molecule has 0 unspecified atom stereocenters. The molecule has 0 bridgehead atoms. The monoisotopic (exact) mass is 940 g/mol. The van der Waals surface area contributed by atoms with Crippen molar-refractivity contribution in [2.24, 2.45) is 0 Å². The van der Waals surface area contributed by atoms with E-state index in [0.29, 0.717) is 0 Å². The molecule has 11 aromatic carbocycles. The van der Waals surface area contributed by atoms with E-state index in [4.69, 9.17) is 9.97 Å². The Hall–Kier alpha value is -9.24. The number of benzene rings is 11. The second-order valence-electron chi connectivity index (χ2n) is 20.2. The van der Waals surface area contributed by atoms with E-state index in [1.54, 1.807) is 0 Å². The zero-order valence-electron chi connectivity index (χ0n) is 41.0. The molecule has 13 aromatic rings. The first-order valence-electron chi connectivity index (χ1n) is 26.0. The molecule has 346 valence electrons. The first kappa shape index (κ1) is 42.4. The molecule has 0 fully saturated rings. The molecular weight excluding hydrogens is 893 g/mol. The summed E-state index contributed by atoms with van der Waals surface area (Å²) in [6.45, 7) is 2.30. The highest BCUT2D eigenvalue weighted by Gasteiger charge is 2.46. The van der Waals surface area contributed by atoms with Crippen molar-refractivity contribution in [1.29, 1.82) is 0 Å². The maximum absolute atomic E-state index is 5.60. The molecule has 0 amide bonds. The molecule has 0 saturated carbocycles. The molecule has 0 spiro atoms. The van der Waals surface area contributed by atoms with E-state index < -0.39 is 5.41 Å². The fourth-order valence-corrected chi connectivity index (χ4v) is 13.1. The van der Waals surface area contributed by atoms with E-state index in [1.165, 1.54) is 98.9 Å². The van der Waals surface area contributed by atoms with Gasteiger partial charge in [-0.3, -0.25) is 0 Å². The normalized spacial score (nSPS) is 13.8. The smallest absolute Gasteiger partial charge is 0.0790 e. The molecular formula is C72H48N2. The molecule has 2 heterocycles. The zero-order chi connectivity index (χ0) is 48.9. The number of allylic oxidation sites excluding steroid dienone is 4. The second-order valence-corrected chi connectivity index (χ2v) is 20.2. The molecule has 0 saturated heterocycles. The standard InChI is InChI=1S/C72H48N2/c1-45-53(40-38-47-36-37-48-39-41-65(73-71(48)67(45)47)46-20-5-2-6-21-46)69-58-32-13-11-30-56(58)68(57-31-12-14-33-59(57)69)49-22-19-23-50(42-49)70-62-43-61-54-28-15-17-34-63(54)72(51-24-7-3-8-25-51,52-26-9-4-10-27-52)64(61)44-60(62)55-29-16-18-35-66(55)74-70/h3-5,7-44H,2,6H2,1H3. The van der Waals surface area contributed by atoms with Crippen molar-refractivity contribution in [3.05, 3.63) is 282 Å². The lowest BCUT2D eigenvalue weighted by atomic mass is 9.67. The molecule has 2 aromatic heterocycles. The molecule has 74 heavy (non-hydrogen) atoms. The number of aryl methyl sites for hydroxylation is 1. The Morgan fingerprint density at radius 3 is 1.76 bits per heavy atom. The Bertz CT molecular complexity index is 4450. The van der Waals surface area contributed by atoms with E-state index in [2.05, 4.69) is 256 Å². The first-order chi connectivity index (χ1) is 36.6. The Morgan fingerprint density at radius 2 is 1.03 bits per heavy atom. The number of fused-ring (bicyclic) bond motifs is 11. The summed E-state index contributed by atoms with van der Waals surface area (Å²) in [5, 5.41) is 12.0. The quantitative estimate of drug-likeness (QED) is 0.123. The molecule has 0 N–H and O–H groups in total. The lowest BCUT2D eigenvalue weighted by Crippen LogP contribution is -2.28. The van der Waals surface area contributed by atoms with Crippen molar-refractivity contribution in [3.8, 4) is 44.6 Å². The largest absolute Gasteiger partial charge is 0.247 e. The third-order valence-electron chi connectivity index (χ3n) is 16.3. The summed E-state index contributed by atoms with van der Waals surface area (Å²) < 4.78 is 0. The van der Waals surface area contributed by atoms with Crippen LogP contribution >= 0.6 is 0 Å². The highest BCUT2D eigenvalue weighted by molar-refractivity contribution is 6.23. The van der Waals surface area contributed by atoms with Crippen LogP contribution in [0.1, 0.15) is 46.4 Å². The van der Waals surface area contributed by atoms with Gasteiger partial charge in [-0.1, -0.05) is 218 Å². The summed E-state index contributed by atoms with van der Waals surface area (Å²) in [5.41, 5.74) is 19.5. The summed E-state index contributed by atoms with van der Waals surface area (Å²) in [5.74, 6) is 0. The van der Waals surface area contributed by atoms with Crippen LogP contribution in [0.15, 0.2) is 249 Å². The van der Waals surface area contributed by atoms with Gasteiger partial charge in [-0.15, -0.1) is 0 Å². The topological polar surface area (TPSA) is 25.8 Å². The summed E-state index contributed by atoms with van der Waals surface area (Å²) in [4.78, 5) is 11.0. The summed E-state index contributed by atoms with van der Waals surface area (Å²) in [6.07, 6.45) is 8.93. The van der Waals surface area contributed by atoms with E-state index in [0.717, 1.165) is 62.5 Å². The van der Waals surface area contributed by atoms with Gasteiger partial charge in [0.15, 0.2) is 0 Å². The van der Waals surface area contributed by atoms with Crippen LogP contribution in [0.2, 0.25) is 0 Å². The van der Waals surface area contributed by atoms with Gasteiger partial charge in [0.25, 0.3) is 0 Å². The molecule has 2 nitrogen and oxygen atoms in total. The number of rotatable bonds is 6. The highest BCUT2D eigenvalue weighted by atomic mass is 14.7. The van der Waals surface area contributed by atoms with Crippen LogP contribution in [0, 0.1) is 6.92 Å². The van der Waals surface area contributed by atoms with Crippen LogP contribution in [0.3, 0.4) is 0 Å². The van der Waals surface area contributed by atoms with Crippen LogP contribution < -0.4 is 0 Å². The molecule has 2 aliphatic carbocycles. The van der Waals surface area contributed by atoms with Gasteiger partial charge in [-0.2, -0.15) is 0 Å². The Balaban J connectivity index is 0.950. The molecule has 0 radical (unpaired) electrons. The SMILES string of the molecule is Cc1c(-c2c3ccccc3c(-c3cccc(-c4nc5ccccc5c5cc6c(cc45)-c4ccccc4C6(c4ccccc4)c4ccccc4)c3)c3ccccc23)ccc2ccc3ccc(C4=CCCC=C4)nc3c12. The predicted molar refractivity (Wildman–Crippen MR) is 312 cm³/mol. The van der Waals surface area contributed by atoms with Crippen molar-refractivity contribution in [1.82, 2.24) is 9.97 Å². The number of nitrogens with zero attached hydrogens (tertiary/aromatic N) is 2. The van der Waals surface area contributed by atoms with Gasteiger partial charge in [0, 0.05) is 27.1 Å². The minimum atomic E-state index is -0.509. The summed E-state index contributed by atoms with van der Waals surface area (Å²) in [7, 11) is 0. The van der Waals surface area contributed by atoms with Crippen molar-refractivity contribution < 1.29 is 0 Å². The number of hydrogen-bond donors (Lipinski definition) is 0. The van der Waals surface area contributed by atoms with Gasteiger partial charge < -0.3 is 0 Å². The maximum atomic E-state index is 5.60. The third kappa shape index (κ3) is 6.25. The van der Waals surface area contributed by atoms with Crippen LogP contribution in [0.4, 0.5) is 0 Å². The van der Waals surface area contributed by atoms with Gasteiger partial charge in [0.2, 0.25) is 0 Å². The molecule has 2 heteroatoms. The van der Waals surface area contributed by atoms with Gasteiger partial charge in [0.1, 0.15) is 0 Å². The molecule has 15 rings (SSSR count). The number of aromatic nitrogens is 2. The highest BCUT2D eigenvalue weighted by Crippen LogP contribution is 2.58. The van der Waals surface area contributed by atoms with Crippen molar-refractivity contribution in [2.75, 3.05) is 0 Å². The van der Waals surface area contributed by atoms with Gasteiger partial charge in [-0.25, -0.2) is 9.97 Å². The number of para-hydroxylation sites is 1. The van der Waals surface area contributed by atoms with E-state index in [-0.39, 0.29) is 0 Å². The van der Waals surface area contributed by atoms with Crippen LogP contribution in [0.5, 0.6) is 0 Å². The first-order valence-corrected chi connectivity index (χ1v) is 26.0. The fourth-order valence-electron chi connectivity index (χ4n) is 13.1. The maximum Gasteiger partial charge on any atom is 0.0790 e. The second kappa shape index (κ2) is 16.7. The Morgan fingerprint density at radius 1 is 0.405 bits per heavy atom. The molecule has 0 aliphatic heterocycles. The van der Waals surface area contributed by atoms with Crippen molar-refractivity contribution in [2.45, 2.75) is 25.2 Å². The van der Waals surface area contributed by atoms with E-state index in [1.807, 2.05) is 0 Å². The fraction of sp³-hybridized carbons (Fsp3) is 0.0556. The summed E-state index contributed by atoms with van der Waals surface area (Å²) in [6, 6.07) is 85.5. The van der Waals surface area contributed by atoms with Crippen molar-refractivity contribution in [3.63, 3.8) is 0 Å². The zero-order valence-corrected chi connectivity index (χ0v) is 41.0. The Kier molecular flexibility index (Phi) is 9.56. The Labute approximate surface area is 430 Å². The predicted octanol–water partition coefficient (Wildman–Crippen LogP) is 18.8. The van der Waals surface area contributed by atoms with Crippen LogP contribution in [-0.4, -0.2) is 9.97 Å². The van der Waals surface area contributed by atoms with Crippen LogP contribution in [-0.2, 0) is 5.41 Å². The van der Waals surface area contributed by atoms with Crippen molar-refractivity contribution >= 4 is 70.5 Å². The average molecular weight is 941 g/mol. The van der Waals surface area contributed by atoms with E-state index in [9.17, 15) is 0 Å². The number of hydrogen-bond acceptors (Lipinski definition) is 2. The lowest BCUT2D eigenvalue weighted by molar-refractivity contribution is 0.769. The van der Waals surface area contributed by atoms with Gasteiger partial charge in [-0.05, 0) is 149 Å². The molecule has 2 aliphatic rings. The lowest BCUT2D eigenvalue weighted by Gasteiger charge is -2.34. The minimum absolute atomic E-state index is 0.509. The van der Waals surface area contributed by atoms with Gasteiger partial charge >= 0.3 is 0 Å². The van der Waals surface area contributed by atoms with E-state index >= 15 is 0 Å². The summed E-state index contributed by atoms with van der Waals surface area (Å²) >= 11 is 0. The number of pyridine rings is 2. The minimum Gasteiger partial charge on any atom is -0.247 e. The van der Waals surface area contributed by atoms with Crippen LogP contribution in [0.25, 0.3) is 115 Å². The average Bonchev–Trinajstić information content (AvgIpc) is 3.79. The molecule has 0 atom stereocenters. The van der Waals surface area contributed by atoms with Gasteiger partial charge in [0.05, 0.1) is 27.8 Å². The third-order valence-corrected chi connectivity index (χ3v) is 16.3.